The van der Waals surface area contributed by atoms with Crippen LogP contribution in [0.5, 0.6) is 0 Å². The number of hydrogen-bond acceptors (Lipinski definition) is 4. The fourth-order valence-corrected chi connectivity index (χ4v) is 4.45. The van der Waals surface area contributed by atoms with Crippen LogP contribution in [0, 0.1) is 0 Å². The molecule has 1 aliphatic rings. The first-order chi connectivity index (χ1) is 8.92. The molecule has 106 valence electrons. The third-order valence-corrected chi connectivity index (χ3v) is 6.06. The molecule has 0 radical (unpaired) electrons. The molecule has 1 aliphatic carbocycles. The van der Waals surface area contributed by atoms with Gasteiger partial charge in [-0.15, -0.1) is 0 Å². The van der Waals surface area contributed by atoms with Crippen molar-refractivity contribution in [1.82, 2.24) is 9.71 Å². The predicted octanol–water partition coefficient (Wildman–Crippen LogP) is 1.59. The highest BCUT2D eigenvalue weighted by molar-refractivity contribution is 7.99. The highest BCUT2D eigenvalue weighted by Gasteiger charge is 2.28. The number of nitrogens with one attached hydrogen (secondary N) is 2. The van der Waals surface area contributed by atoms with E-state index < -0.39 is 15.6 Å². The summed E-state index contributed by atoms with van der Waals surface area (Å²) < 4.78 is 27.0. The lowest BCUT2D eigenvalue weighted by Crippen LogP contribution is -2.33. The number of aromatic amines is 1. The zero-order chi connectivity index (χ0) is 14.0. The van der Waals surface area contributed by atoms with Crippen LogP contribution in [0.3, 0.4) is 0 Å². The molecule has 19 heavy (non-hydrogen) atoms. The fraction of sp³-hybridized carbons (Fsp3) is 0.545. The molecule has 8 heteroatoms. The highest BCUT2D eigenvalue weighted by atomic mass is 35.5. The lowest BCUT2D eigenvalue weighted by atomic mass is 10.3. The molecule has 2 atom stereocenters. The van der Waals surface area contributed by atoms with Gasteiger partial charge in [-0.1, -0.05) is 11.6 Å². The largest absolute Gasteiger partial charge is 0.326 e. The SMILES string of the molecule is CSC1CCC(NS(=O)(=O)c2c[nH]c(=O)c(Cl)c2)C1. The monoisotopic (exact) mass is 322 g/mol. The van der Waals surface area contributed by atoms with Crippen molar-refractivity contribution < 1.29 is 8.42 Å². The standard InChI is InChI=1S/C11H15ClN2O3S2/c1-18-8-3-2-7(4-8)14-19(16,17)9-5-10(12)11(15)13-6-9/h5-8,14H,2-4H2,1H3,(H,13,15). The average Bonchev–Trinajstić information content (AvgIpc) is 2.79. The maximum Gasteiger partial charge on any atom is 0.266 e. The minimum Gasteiger partial charge on any atom is -0.326 e. The Morgan fingerprint density at radius 1 is 1.47 bits per heavy atom. The summed E-state index contributed by atoms with van der Waals surface area (Å²) in [4.78, 5) is 13.4. The summed E-state index contributed by atoms with van der Waals surface area (Å²) in [5.41, 5.74) is -0.496. The van der Waals surface area contributed by atoms with Crippen LogP contribution in [0.1, 0.15) is 19.3 Å². The number of sulfonamides is 1. The maximum absolute atomic E-state index is 12.1. The normalized spacial score (nSPS) is 23.7. The molecular weight excluding hydrogens is 308 g/mol. The Bertz CT molecular complexity index is 615. The second-order valence-corrected chi connectivity index (χ2v) is 7.76. The van der Waals surface area contributed by atoms with Gasteiger partial charge in [0.05, 0.1) is 4.90 Å². The smallest absolute Gasteiger partial charge is 0.266 e. The van der Waals surface area contributed by atoms with E-state index in [1.807, 2.05) is 6.26 Å². The van der Waals surface area contributed by atoms with Gasteiger partial charge in [-0.25, -0.2) is 13.1 Å². The quantitative estimate of drug-likeness (QED) is 0.882. The van der Waals surface area contributed by atoms with E-state index in [4.69, 9.17) is 11.6 Å². The van der Waals surface area contributed by atoms with Crippen LogP contribution < -0.4 is 10.3 Å². The lowest BCUT2D eigenvalue weighted by Gasteiger charge is -2.13. The first-order valence-electron chi connectivity index (χ1n) is 5.86. The van der Waals surface area contributed by atoms with Gasteiger partial charge in [-0.3, -0.25) is 4.79 Å². The van der Waals surface area contributed by atoms with E-state index in [1.54, 1.807) is 11.8 Å². The Labute approximate surface area is 121 Å². The maximum atomic E-state index is 12.1. The Kier molecular flexibility index (Phi) is 4.60. The molecule has 2 unspecified atom stereocenters. The summed E-state index contributed by atoms with van der Waals surface area (Å²) >= 11 is 7.40. The van der Waals surface area contributed by atoms with Crippen molar-refractivity contribution in [2.75, 3.05) is 6.26 Å². The molecule has 1 aromatic heterocycles. The summed E-state index contributed by atoms with van der Waals surface area (Å²) in [5, 5.41) is 0.378. The van der Waals surface area contributed by atoms with Gasteiger partial charge in [0.25, 0.3) is 5.56 Å². The van der Waals surface area contributed by atoms with Gasteiger partial charge in [-0.05, 0) is 31.6 Å². The summed E-state index contributed by atoms with van der Waals surface area (Å²) in [5.74, 6) is 0. The third-order valence-electron chi connectivity index (χ3n) is 3.18. The minimum absolute atomic E-state index is 0.00954. The number of hydrogen-bond donors (Lipinski definition) is 2. The molecular formula is C11H15ClN2O3S2. The molecule has 1 heterocycles. The lowest BCUT2D eigenvalue weighted by molar-refractivity contribution is 0.552. The average molecular weight is 323 g/mol. The van der Waals surface area contributed by atoms with Crippen molar-refractivity contribution in [2.24, 2.45) is 0 Å². The van der Waals surface area contributed by atoms with E-state index in [2.05, 4.69) is 9.71 Å². The summed E-state index contributed by atoms with van der Waals surface area (Å²) in [6.45, 7) is 0. The topological polar surface area (TPSA) is 79.0 Å². The van der Waals surface area contributed by atoms with Crippen molar-refractivity contribution in [2.45, 2.75) is 35.4 Å². The Hall–Kier alpha value is -0.500. The van der Waals surface area contributed by atoms with Crippen LogP contribution in [0.4, 0.5) is 0 Å². The number of H-pyrrole nitrogens is 1. The van der Waals surface area contributed by atoms with Gasteiger partial charge in [0, 0.05) is 17.5 Å². The second-order valence-electron chi connectivity index (χ2n) is 4.50. The van der Waals surface area contributed by atoms with E-state index in [9.17, 15) is 13.2 Å². The number of pyridine rings is 1. The van der Waals surface area contributed by atoms with Gasteiger partial charge in [0.1, 0.15) is 5.02 Å². The van der Waals surface area contributed by atoms with E-state index in [0.29, 0.717) is 5.25 Å². The Morgan fingerprint density at radius 3 is 2.79 bits per heavy atom. The molecule has 2 N–H and O–H groups in total. The van der Waals surface area contributed by atoms with Crippen LogP contribution in [0.2, 0.25) is 5.02 Å². The molecule has 0 amide bonds. The summed E-state index contributed by atoms with van der Waals surface area (Å²) in [6, 6.07) is 1.12. The predicted molar refractivity (Wildman–Crippen MR) is 77.3 cm³/mol. The number of halogens is 1. The van der Waals surface area contributed by atoms with Crippen molar-refractivity contribution in [3.8, 4) is 0 Å². The molecule has 0 bridgehead atoms. The number of rotatable bonds is 4. The van der Waals surface area contributed by atoms with Crippen molar-refractivity contribution in [3.05, 3.63) is 27.6 Å². The van der Waals surface area contributed by atoms with Crippen LogP contribution in [0.15, 0.2) is 22.0 Å². The molecule has 5 nitrogen and oxygen atoms in total. The minimum atomic E-state index is -3.63. The number of aromatic nitrogens is 1. The number of thioether (sulfide) groups is 1. The molecule has 2 rings (SSSR count). The van der Waals surface area contributed by atoms with Crippen molar-refractivity contribution in [1.29, 1.82) is 0 Å². The molecule has 1 fully saturated rings. The Morgan fingerprint density at radius 2 is 2.21 bits per heavy atom. The molecule has 0 spiro atoms. The van der Waals surface area contributed by atoms with Crippen LogP contribution in [-0.2, 0) is 10.0 Å². The van der Waals surface area contributed by atoms with Gasteiger partial charge in [-0.2, -0.15) is 11.8 Å². The Balaban J connectivity index is 2.14. The van der Waals surface area contributed by atoms with Crippen molar-refractivity contribution >= 4 is 33.4 Å². The molecule has 0 saturated heterocycles. The zero-order valence-corrected chi connectivity index (χ0v) is 12.7. The third kappa shape index (κ3) is 3.53. The summed E-state index contributed by atoms with van der Waals surface area (Å²) in [6.07, 6.45) is 5.88. The molecule has 0 aromatic carbocycles. The summed E-state index contributed by atoms with van der Waals surface area (Å²) in [7, 11) is -3.63. The second kappa shape index (κ2) is 5.87. The van der Waals surface area contributed by atoms with Gasteiger partial charge < -0.3 is 4.98 Å². The van der Waals surface area contributed by atoms with E-state index in [1.165, 1.54) is 6.07 Å². The van der Waals surface area contributed by atoms with Crippen LogP contribution in [0.25, 0.3) is 0 Å². The van der Waals surface area contributed by atoms with Crippen LogP contribution in [-0.4, -0.2) is 30.9 Å². The van der Waals surface area contributed by atoms with E-state index in [-0.39, 0.29) is 16.0 Å². The van der Waals surface area contributed by atoms with Crippen LogP contribution >= 0.6 is 23.4 Å². The van der Waals surface area contributed by atoms with Gasteiger partial charge >= 0.3 is 0 Å². The zero-order valence-electron chi connectivity index (χ0n) is 10.3. The van der Waals surface area contributed by atoms with Gasteiger partial charge in [0.15, 0.2) is 0 Å². The molecule has 1 aromatic rings. The van der Waals surface area contributed by atoms with E-state index >= 15 is 0 Å². The molecule has 0 aliphatic heterocycles. The molecule has 1 saturated carbocycles. The van der Waals surface area contributed by atoms with Gasteiger partial charge in [0.2, 0.25) is 10.0 Å². The van der Waals surface area contributed by atoms with Crippen molar-refractivity contribution in [3.63, 3.8) is 0 Å². The first-order valence-corrected chi connectivity index (χ1v) is 9.00. The van der Waals surface area contributed by atoms with E-state index in [0.717, 1.165) is 25.5 Å². The fourth-order valence-electron chi connectivity index (χ4n) is 2.14. The first kappa shape index (κ1) is 14.9. The highest BCUT2D eigenvalue weighted by Crippen LogP contribution is 2.29.